The summed E-state index contributed by atoms with van der Waals surface area (Å²) in [4.78, 5) is 25.9. The highest BCUT2D eigenvalue weighted by atomic mass is 16.5. The van der Waals surface area contributed by atoms with Gasteiger partial charge in [0.05, 0.1) is 12.0 Å². The zero-order chi connectivity index (χ0) is 22.9. The van der Waals surface area contributed by atoms with Gasteiger partial charge in [0.15, 0.2) is 11.6 Å². The molecule has 0 atom stereocenters. The van der Waals surface area contributed by atoms with Crippen LogP contribution in [0, 0.1) is 0 Å². The average Bonchev–Trinajstić information content (AvgIpc) is 3.54. The van der Waals surface area contributed by atoms with Crippen LogP contribution in [0.3, 0.4) is 0 Å². The normalized spacial score (nSPS) is 13.8. The van der Waals surface area contributed by atoms with Gasteiger partial charge in [0.1, 0.15) is 12.4 Å². The van der Waals surface area contributed by atoms with Crippen molar-refractivity contribution in [3.8, 4) is 17.3 Å². The van der Waals surface area contributed by atoms with Gasteiger partial charge in [-0.2, -0.15) is 0 Å². The van der Waals surface area contributed by atoms with E-state index in [1.807, 2.05) is 24.3 Å². The van der Waals surface area contributed by atoms with Gasteiger partial charge in [0, 0.05) is 42.3 Å². The SMILES string of the molecule is O=c1[nH]c(-c2ccco2)nc2c1CCN(Cc1c[nH]c3ccc(OCc4ccccc4)cc13)C2. The Morgan fingerprint density at radius 2 is 2.00 bits per heavy atom. The number of hydrogen-bond donors (Lipinski definition) is 2. The monoisotopic (exact) mass is 452 g/mol. The Morgan fingerprint density at radius 1 is 1.09 bits per heavy atom. The fourth-order valence-electron chi connectivity index (χ4n) is 4.52. The molecule has 0 saturated carbocycles. The molecule has 0 bridgehead atoms. The lowest BCUT2D eigenvalue weighted by Crippen LogP contribution is -2.35. The molecule has 34 heavy (non-hydrogen) atoms. The standard InChI is InChI=1S/C27H24N4O3/c32-27-21-10-11-31(16-24(21)29-26(30-27)25-7-4-12-33-25)15-19-14-28-23-9-8-20(13-22(19)23)34-17-18-5-2-1-3-6-18/h1-9,12-14,28H,10-11,15-17H2,(H,29,30,32). The van der Waals surface area contributed by atoms with Gasteiger partial charge in [-0.15, -0.1) is 0 Å². The Balaban J connectivity index is 1.21. The van der Waals surface area contributed by atoms with Crippen LogP contribution in [0.5, 0.6) is 5.75 Å². The first-order chi connectivity index (χ1) is 16.7. The first-order valence-electron chi connectivity index (χ1n) is 11.4. The predicted molar refractivity (Wildman–Crippen MR) is 129 cm³/mol. The molecule has 0 amide bonds. The van der Waals surface area contributed by atoms with Crippen molar-refractivity contribution in [2.45, 2.75) is 26.1 Å². The van der Waals surface area contributed by atoms with Gasteiger partial charge in [-0.05, 0) is 47.9 Å². The number of H-pyrrole nitrogens is 2. The maximum absolute atomic E-state index is 12.6. The summed E-state index contributed by atoms with van der Waals surface area (Å²) in [5.74, 6) is 1.89. The fraction of sp³-hybridized carbons (Fsp3) is 0.185. The summed E-state index contributed by atoms with van der Waals surface area (Å²) in [5.41, 5.74) is 4.91. The minimum atomic E-state index is -0.0802. The lowest BCUT2D eigenvalue weighted by molar-refractivity contribution is 0.241. The molecule has 0 radical (unpaired) electrons. The van der Waals surface area contributed by atoms with Crippen molar-refractivity contribution in [2.75, 3.05) is 6.54 Å². The molecule has 1 aliphatic rings. The molecule has 7 heteroatoms. The Labute approximate surface area is 196 Å². The van der Waals surface area contributed by atoms with Crippen molar-refractivity contribution in [3.63, 3.8) is 0 Å². The topological polar surface area (TPSA) is 87.2 Å². The number of nitrogens with one attached hydrogen (secondary N) is 2. The quantitative estimate of drug-likeness (QED) is 0.392. The third-order valence-corrected chi connectivity index (χ3v) is 6.29. The molecule has 0 fully saturated rings. The molecule has 7 nitrogen and oxygen atoms in total. The zero-order valence-corrected chi connectivity index (χ0v) is 18.6. The third-order valence-electron chi connectivity index (χ3n) is 6.29. The smallest absolute Gasteiger partial charge is 0.254 e. The van der Waals surface area contributed by atoms with E-state index >= 15 is 0 Å². The Morgan fingerprint density at radius 3 is 2.85 bits per heavy atom. The maximum Gasteiger partial charge on any atom is 0.254 e. The highest BCUT2D eigenvalue weighted by molar-refractivity contribution is 5.84. The van der Waals surface area contributed by atoms with Crippen LogP contribution < -0.4 is 10.3 Å². The van der Waals surface area contributed by atoms with Crippen LogP contribution in [0.2, 0.25) is 0 Å². The number of furan rings is 1. The molecule has 0 unspecified atom stereocenters. The molecular weight excluding hydrogens is 428 g/mol. The van der Waals surface area contributed by atoms with E-state index < -0.39 is 0 Å². The molecule has 0 saturated heterocycles. The third kappa shape index (κ3) is 4.02. The molecule has 3 aromatic heterocycles. The van der Waals surface area contributed by atoms with E-state index in [1.54, 1.807) is 18.4 Å². The summed E-state index contributed by atoms with van der Waals surface area (Å²) in [7, 11) is 0. The molecule has 2 aromatic carbocycles. The van der Waals surface area contributed by atoms with E-state index in [4.69, 9.17) is 14.1 Å². The largest absolute Gasteiger partial charge is 0.489 e. The number of hydrogen-bond acceptors (Lipinski definition) is 5. The Bertz CT molecular complexity index is 1490. The minimum absolute atomic E-state index is 0.0802. The van der Waals surface area contributed by atoms with E-state index in [2.05, 4.69) is 45.3 Å². The lowest BCUT2D eigenvalue weighted by atomic mass is 10.1. The summed E-state index contributed by atoms with van der Waals surface area (Å²) in [6.07, 6.45) is 4.31. The van der Waals surface area contributed by atoms with Crippen LogP contribution in [0.15, 0.2) is 82.3 Å². The van der Waals surface area contributed by atoms with Crippen molar-refractivity contribution in [1.82, 2.24) is 19.9 Å². The van der Waals surface area contributed by atoms with Crippen LogP contribution in [-0.2, 0) is 26.1 Å². The van der Waals surface area contributed by atoms with Crippen LogP contribution in [0.1, 0.15) is 22.4 Å². The molecule has 0 spiro atoms. The number of nitrogens with zero attached hydrogens (tertiary/aromatic N) is 2. The van der Waals surface area contributed by atoms with Gasteiger partial charge >= 0.3 is 0 Å². The number of ether oxygens (including phenoxy) is 1. The lowest BCUT2D eigenvalue weighted by Gasteiger charge is -2.27. The second-order valence-corrected chi connectivity index (χ2v) is 8.57. The van der Waals surface area contributed by atoms with Crippen molar-refractivity contribution in [2.24, 2.45) is 0 Å². The molecule has 0 aliphatic carbocycles. The number of benzene rings is 2. The molecule has 1 aliphatic heterocycles. The van der Waals surface area contributed by atoms with Gasteiger partial charge in [-0.3, -0.25) is 9.69 Å². The second kappa shape index (κ2) is 8.68. The van der Waals surface area contributed by atoms with Crippen molar-refractivity contribution < 1.29 is 9.15 Å². The van der Waals surface area contributed by atoms with E-state index in [-0.39, 0.29) is 5.56 Å². The van der Waals surface area contributed by atoms with Crippen LogP contribution in [0.4, 0.5) is 0 Å². The number of aromatic amines is 2. The molecule has 170 valence electrons. The molecule has 4 heterocycles. The maximum atomic E-state index is 12.6. The molecule has 6 rings (SSSR count). The predicted octanol–water partition coefficient (Wildman–Crippen LogP) is 4.65. The fourth-order valence-corrected chi connectivity index (χ4v) is 4.52. The van der Waals surface area contributed by atoms with Gasteiger partial charge in [0.25, 0.3) is 5.56 Å². The van der Waals surface area contributed by atoms with E-state index in [1.165, 1.54) is 5.56 Å². The second-order valence-electron chi connectivity index (χ2n) is 8.57. The highest BCUT2D eigenvalue weighted by Gasteiger charge is 2.22. The number of fused-ring (bicyclic) bond motifs is 2. The Kier molecular flexibility index (Phi) is 5.24. The summed E-state index contributed by atoms with van der Waals surface area (Å²) in [6.45, 7) is 2.71. The van der Waals surface area contributed by atoms with Gasteiger partial charge < -0.3 is 19.1 Å². The number of aromatic nitrogens is 3. The van der Waals surface area contributed by atoms with Crippen molar-refractivity contribution in [1.29, 1.82) is 0 Å². The van der Waals surface area contributed by atoms with Gasteiger partial charge in [0.2, 0.25) is 0 Å². The van der Waals surface area contributed by atoms with Crippen LogP contribution in [-0.4, -0.2) is 26.4 Å². The average molecular weight is 453 g/mol. The summed E-state index contributed by atoms with van der Waals surface area (Å²) in [6, 6.07) is 19.9. The van der Waals surface area contributed by atoms with Crippen molar-refractivity contribution >= 4 is 10.9 Å². The van der Waals surface area contributed by atoms with E-state index in [0.717, 1.165) is 46.6 Å². The van der Waals surface area contributed by atoms with Crippen LogP contribution >= 0.6 is 0 Å². The van der Waals surface area contributed by atoms with Crippen LogP contribution in [0.25, 0.3) is 22.5 Å². The Hall–Kier alpha value is -4.10. The molecule has 5 aromatic rings. The van der Waals surface area contributed by atoms with Crippen molar-refractivity contribution in [3.05, 3.63) is 106 Å². The first kappa shape index (κ1) is 20.5. The molecule has 2 N–H and O–H groups in total. The summed E-state index contributed by atoms with van der Waals surface area (Å²) in [5, 5.41) is 1.14. The number of rotatable bonds is 6. The van der Waals surface area contributed by atoms with E-state index in [9.17, 15) is 4.79 Å². The van der Waals surface area contributed by atoms with Gasteiger partial charge in [-0.25, -0.2) is 4.98 Å². The molecular formula is C27H24N4O3. The first-order valence-corrected chi connectivity index (χ1v) is 11.4. The minimum Gasteiger partial charge on any atom is -0.489 e. The van der Waals surface area contributed by atoms with E-state index in [0.29, 0.717) is 31.2 Å². The highest BCUT2D eigenvalue weighted by Crippen LogP contribution is 2.27. The zero-order valence-electron chi connectivity index (χ0n) is 18.6. The van der Waals surface area contributed by atoms with Gasteiger partial charge in [-0.1, -0.05) is 30.3 Å². The summed E-state index contributed by atoms with van der Waals surface area (Å²) < 4.78 is 11.5. The summed E-state index contributed by atoms with van der Waals surface area (Å²) >= 11 is 0.